The van der Waals surface area contributed by atoms with Crippen molar-refractivity contribution in [3.8, 4) is 5.75 Å². The van der Waals surface area contributed by atoms with E-state index in [-0.39, 0.29) is 18.2 Å². The number of nitrogens with one attached hydrogen (secondary N) is 2. The minimum absolute atomic E-state index is 0.110. The fourth-order valence-electron chi connectivity index (χ4n) is 3.32. The average molecular weight is 557 g/mol. The van der Waals surface area contributed by atoms with Gasteiger partial charge in [0, 0.05) is 11.6 Å². The second-order valence-electron chi connectivity index (χ2n) is 8.44. The summed E-state index contributed by atoms with van der Waals surface area (Å²) in [6, 6.07) is 21.4. The second kappa shape index (κ2) is 13.6. The summed E-state index contributed by atoms with van der Waals surface area (Å²) in [6.45, 7) is 1.74. The number of hydrazone groups is 1. The van der Waals surface area contributed by atoms with Gasteiger partial charge in [0.05, 0.1) is 18.2 Å². The average Bonchev–Trinajstić information content (AvgIpc) is 2.88. The van der Waals surface area contributed by atoms with Crippen LogP contribution in [0.3, 0.4) is 0 Å². The lowest BCUT2D eigenvalue weighted by atomic mass is 10.1. The number of nitrogens with zero attached hydrogens (tertiary/aromatic N) is 2. The van der Waals surface area contributed by atoms with Crippen molar-refractivity contribution < 1.29 is 22.7 Å². The molecule has 0 fully saturated rings. The normalized spacial score (nSPS) is 11.2. The Balaban J connectivity index is 1.45. The zero-order valence-electron chi connectivity index (χ0n) is 21.1. The van der Waals surface area contributed by atoms with E-state index in [9.17, 15) is 18.0 Å². The molecule has 0 aliphatic heterocycles. The Kier molecular flexibility index (Phi) is 10.3. The third kappa shape index (κ3) is 9.20. The van der Waals surface area contributed by atoms with E-state index in [2.05, 4.69) is 15.8 Å². The number of rotatable bonds is 12. The van der Waals surface area contributed by atoms with Gasteiger partial charge in [-0.2, -0.15) is 5.10 Å². The Morgan fingerprint density at radius 3 is 2.39 bits per heavy atom. The van der Waals surface area contributed by atoms with Gasteiger partial charge in [0.15, 0.2) is 6.61 Å². The second-order valence-corrected chi connectivity index (χ2v) is 10.8. The fraction of sp³-hybridized carbons (Fsp3) is 0.222. The highest BCUT2D eigenvalue weighted by molar-refractivity contribution is 7.92. The molecule has 0 radical (unpaired) electrons. The number of benzene rings is 3. The third-order valence-corrected chi connectivity index (χ3v) is 6.91. The number of ether oxygens (including phenoxy) is 1. The molecule has 2 N–H and O–H groups in total. The number of hydrogen-bond donors (Lipinski definition) is 2. The predicted octanol–water partition coefficient (Wildman–Crippen LogP) is 3.30. The first-order valence-corrected chi connectivity index (χ1v) is 13.9. The summed E-state index contributed by atoms with van der Waals surface area (Å²) in [5, 5.41) is 7.10. The van der Waals surface area contributed by atoms with Crippen molar-refractivity contribution in [1.82, 2.24) is 10.7 Å². The topological polar surface area (TPSA) is 117 Å². The molecule has 0 bridgehead atoms. The number of aryl methyl sites for hydroxylation is 1. The smallest absolute Gasteiger partial charge is 0.260 e. The van der Waals surface area contributed by atoms with E-state index in [1.807, 2.05) is 30.3 Å². The van der Waals surface area contributed by atoms with Crippen molar-refractivity contribution in [1.29, 1.82) is 0 Å². The van der Waals surface area contributed by atoms with Crippen LogP contribution in [0.4, 0.5) is 5.69 Å². The highest BCUT2D eigenvalue weighted by Crippen LogP contribution is 2.24. The molecule has 200 valence electrons. The molecule has 9 nitrogen and oxygen atoms in total. The van der Waals surface area contributed by atoms with Gasteiger partial charge in [-0.15, -0.1) is 0 Å². The molecule has 38 heavy (non-hydrogen) atoms. The lowest BCUT2D eigenvalue weighted by molar-refractivity contribution is -0.123. The number of halogens is 1. The molecule has 0 atom stereocenters. The van der Waals surface area contributed by atoms with Crippen LogP contribution in [0.1, 0.15) is 16.7 Å². The van der Waals surface area contributed by atoms with Gasteiger partial charge in [0.1, 0.15) is 12.3 Å². The zero-order valence-corrected chi connectivity index (χ0v) is 22.6. The van der Waals surface area contributed by atoms with E-state index < -0.39 is 22.5 Å². The van der Waals surface area contributed by atoms with Crippen molar-refractivity contribution in [3.05, 3.63) is 94.5 Å². The van der Waals surface area contributed by atoms with Crippen LogP contribution in [0.2, 0.25) is 5.02 Å². The number of amides is 2. The molecule has 3 aromatic rings. The first-order valence-electron chi connectivity index (χ1n) is 11.7. The van der Waals surface area contributed by atoms with Gasteiger partial charge in [-0.05, 0) is 66.4 Å². The van der Waals surface area contributed by atoms with Crippen LogP contribution in [-0.4, -0.2) is 52.4 Å². The van der Waals surface area contributed by atoms with Crippen molar-refractivity contribution in [2.45, 2.75) is 13.3 Å². The largest absolute Gasteiger partial charge is 0.484 e. The maximum Gasteiger partial charge on any atom is 0.260 e. The SMILES string of the molecule is Cc1ccc(N(CC(=O)N/N=C\c2ccc(OCC(=O)NCCc3ccccc3)cc2)S(C)(=O)=O)cc1Cl. The first kappa shape index (κ1) is 28.7. The monoisotopic (exact) mass is 556 g/mol. The standard InChI is InChI=1S/C27H29ClN4O5S/c1-20-8-11-23(16-25(20)28)32(38(2,35)36)18-26(33)31-30-17-22-9-12-24(13-10-22)37-19-27(34)29-15-14-21-6-4-3-5-7-21/h3-13,16-17H,14-15,18-19H2,1-2H3,(H,29,34)(H,31,33)/b30-17-. The molecule has 0 aliphatic rings. The molecule has 3 rings (SSSR count). The minimum Gasteiger partial charge on any atom is -0.484 e. The van der Waals surface area contributed by atoms with E-state index in [0.717, 1.165) is 28.1 Å². The number of sulfonamides is 1. The van der Waals surface area contributed by atoms with E-state index in [1.54, 1.807) is 43.3 Å². The van der Waals surface area contributed by atoms with Crippen LogP contribution in [-0.2, 0) is 26.0 Å². The Morgan fingerprint density at radius 2 is 1.74 bits per heavy atom. The lowest BCUT2D eigenvalue weighted by Crippen LogP contribution is -2.39. The highest BCUT2D eigenvalue weighted by Gasteiger charge is 2.21. The summed E-state index contributed by atoms with van der Waals surface area (Å²) < 4.78 is 30.9. The number of hydrogen-bond acceptors (Lipinski definition) is 6. The van der Waals surface area contributed by atoms with Crippen LogP contribution >= 0.6 is 11.6 Å². The van der Waals surface area contributed by atoms with Gasteiger partial charge in [-0.25, -0.2) is 13.8 Å². The van der Waals surface area contributed by atoms with E-state index in [1.165, 1.54) is 12.3 Å². The maximum absolute atomic E-state index is 12.4. The molecule has 0 saturated carbocycles. The molecule has 0 unspecified atom stereocenters. The molecule has 0 aromatic heterocycles. The van der Waals surface area contributed by atoms with Gasteiger partial charge in [-0.3, -0.25) is 13.9 Å². The molecule has 0 spiro atoms. The van der Waals surface area contributed by atoms with Gasteiger partial charge < -0.3 is 10.1 Å². The lowest BCUT2D eigenvalue weighted by Gasteiger charge is -2.21. The van der Waals surface area contributed by atoms with E-state index in [4.69, 9.17) is 16.3 Å². The molecule has 0 saturated heterocycles. The van der Waals surface area contributed by atoms with E-state index >= 15 is 0 Å². The van der Waals surface area contributed by atoms with Crippen molar-refractivity contribution in [2.24, 2.45) is 5.10 Å². The number of anilines is 1. The van der Waals surface area contributed by atoms with Crippen LogP contribution in [0.5, 0.6) is 5.75 Å². The predicted molar refractivity (Wildman–Crippen MR) is 149 cm³/mol. The summed E-state index contributed by atoms with van der Waals surface area (Å²) in [7, 11) is -3.73. The van der Waals surface area contributed by atoms with Crippen molar-refractivity contribution in [3.63, 3.8) is 0 Å². The molecule has 3 aromatic carbocycles. The van der Waals surface area contributed by atoms with Gasteiger partial charge in [0.2, 0.25) is 10.0 Å². The molecule has 2 amide bonds. The summed E-state index contributed by atoms with van der Waals surface area (Å²) in [4.78, 5) is 24.3. The van der Waals surface area contributed by atoms with Crippen LogP contribution in [0.15, 0.2) is 77.9 Å². The molecular weight excluding hydrogens is 528 g/mol. The van der Waals surface area contributed by atoms with E-state index in [0.29, 0.717) is 22.9 Å². The Morgan fingerprint density at radius 1 is 1.03 bits per heavy atom. The molecular formula is C27H29ClN4O5S. The first-order chi connectivity index (χ1) is 18.1. The number of carbonyl (C=O) groups is 2. The molecule has 0 aliphatic carbocycles. The Hall–Kier alpha value is -3.89. The Labute approximate surface area is 227 Å². The van der Waals surface area contributed by atoms with Gasteiger partial charge in [-0.1, -0.05) is 48.0 Å². The van der Waals surface area contributed by atoms with Crippen molar-refractivity contribution >= 4 is 45.3 Å². The molecule has 0 heterocycles. The zero-order chi connectivity index (χ0) is 27.5. The van der Waals surface area contributed by atoms with Crippen molar-refractivity contribution in [2.75, 3.05) is 30.3 Å². The molecule has 11 heteroatoms. The summed E-state index contributed by atoms with van der Waals surface area (Å²) in [5.41, 5.74) is 5.20. The summed E-state index contributed by atoms with van der Waals surface area (Å²) >= 11 is 6.11. The van der Waals surface area contributed by atoms with Gasteiger partial charge >= 0.3 is 0 Å². The van der Waals surface area contributed by atoms with Crippen LogP contribution < -0.4 is 19.8 Å². The third-order valence-electron chi connectivity index (χ3n) is 5.36. The minimum atomic E-state index is -3.73. The quantitative estimate of drug-likeness (QED) is 0.262. The van der Waals surface area contributed by atoms with Crippen LogP contribution in [0, 0.1) is 6.92 Å². The highest BCUT2D eigenvalue weighted by atomic mass is 35.5. The van der Waals surface area contributed by atoms with Gasteiger partial charge in [0.25, 0.3) is 11.8 Å². The fourth-order valence-corrected chi connectivity index (χ4v) is 4.35. The summed E-state index contributed by atoms with van der Waals surface area (Å²) in [5.74, 6) is -0.336. The maximum atomic E-state index is 12.4. The Bertz CT molecular complexity index is 1380. The summed E-state index contributed by atoms with van der Waals surface area (Å²) in [6.07, 6.45) is 3.16. The number of carbonyl (C=O) groups excluding carboxylic acids is 2. The van der Waals surface area contributed by atoms with Crippen LogP contribution in [0.25, 0.3) is 0 Å².